The molecule has 1 saturated heterocycles. The second-order valence-electron chi connectivity index (χ2n) is 10.3. The van der Waals surface area contributed by atoms with Crippen molar-refractivity contribution in [2.45, 2.75) is 52.5 Å². The van der Waals surface area contributed by atoms with Gasteiger partial charge in [-0.15, -0.1) is 0 Å². The molecule has 1 amide bonds. The second-order valence-corrected chi connectivity index (χ2v) is 10.3. The van der Waals surface area contributed by atoms with E-state index in [-0.39, 0.29) is 11.3 Å². The molecule has 1 aliphatic heterocycles. The van der Waals surface area contributed by atoms with E-state index >= 15 is 0 Å². The molecule has 3 aromatic carbocycles. The average Bonchev–Trinajstić information content (AvgIpc) is 3.37. The highest BCUT2D eigenvalue weighted by Gasteiger charge is 2.48. The lowest BCUT2D eigenvalue weighted by Gasteiger charge is -2.26. The van der Waals surface area contributed by atoms with E-state index in [4.69, 9.17) is 0 Å². The topological polar surface area (TPSA) is 73.4 Å². The Morgan fingerprint density at radius 2 is 1.65 bits per heavy atom. The number of carbonyl (C=O) groups is 2. The number of Topliss-reactive ketones (excluding diaryl/α,β-unsaturated/α-hetero) is 1. The Balaban J connectivity index is 1.61. The monoisotopic (exact) mass is 490 g/mol. The minimum Gasteiger partial charge on any atom is -0.507 e. The SMILES string of the molecule is Cc1ccc(N2C(=O)C(=O)/C(=C(/O)c3ccc4c(c3)CCCC4)C2c2c(C)[nH]c3ccccc23)cc1C. The number of nitrogens with one attached hydrogen (secondary N) is 1. The van der Waals surface area contributed by atoms with Gasteiger partial charge in [0.15, 0.2) is 0 Å². The molecule has 0 radical (unpaired) electrons. The Morgan fingerprint density at radius 3 is 2.43 bits per heavy atom. The fraction of sp³-hybridized carbons (Fsp3) is 0.250. The van der Waals surface area contributed by atoms with E-state index in [0.29, 0.717) is 11.3 Å². The van der Waals surface area contributed by atoms with Crippen LogP contribution >= 0.6 is 0 Å². The molecule has 2 heterocycles. The minimum atomic E-state index is -0.755. The van der Waals surface area contributed by atoms with Gasteiger partial charge in [0.2, 0.25) is 0 Å². The first-order valence-corrected chi connectivity index (χ1v) is 12.9. The molecule has 6 rings (SSSR count). The second kappa shape index (κ2) is 8.77. The summed E-state index contributed by atoms with van der Waals surface area (Å²) in [5.41, 5.74) is 8.61. The van der Waals surface area contributed by atoms with Crippen LogP contribution in [0.15, 0.2) is 66.2 Å². The summed E-state index contributed by atoms with van der Waals surface area (Å²) in [6.45, 7) is 5.97. The van der Waals surface area contributed by atoms with Crippen molar-refractivity contribution in [3.05, 3.63) is 105 Å². The predicted molar refractivity (Wildman–Crippen MR) is 147 cm³/mol. The number of fused-ring (bicyclic) bond motifs is 2. The molecule has 0 spiro atoms. The molecule has 1 aliphatic carbocycles. The lowest BCUT2D eigenvalue weighted by Crippen LogP contribution is -2.29. The maximum Gasteiger partial charge on any atom is 0.300 e. The van der Waals surface area contributed by atoms with Gasteiger partial charge in [0, 0.05) is 33.4 Å². The van der Waals surface area contributed by atoms with Gasteiger partial charge in [-0.3, -0.25) is 14.5 Å². The third kappa shape index (κ3) is 3.69. The fourth-order valence-electron chi connectivity index (χ4n) is 5.93. The van der Waals surface area contributed by atoms with Crippen molar-refractivity contribution >= 4 is 34.0 Å². The number of anilines is 1. The first-order valence-electron chi connectivity index (χ1n) is 12.9. The maximum absolute atomic E-state index is 13.7. The third-order valence-corrected chi connectivity index (χ3v) is 8.05. The highest BCUT2D eigenvalue weighted by atomic mass is 16.3. The number of carbonyl (C=O) groups excluding carboxylic acids is 2. The number of hydrogen-bond donors (Lipinski definition) is 2. The zero-order valence-corrected chi connectivity index (χ0v) is 21.4. The standard InChI is InChI=1S/C32H30N2O3/c1-18-12-15-24(16-19(18)2)34-29(27-20(3)33-26-11-7-6-10-25(26)27)28(31(36)32(34)37)30(35)23-14-13-21-8-4-5-9-22(21)17-23/h6-7,10-17,29,33,35H,4-5,8-9H2,1-3H3/b30-28+. The number of amides is 1. The smallest absolute Gasteiger partial charge is 0.300 e. The van der Waals surface area contributed by atoms with E-state index < -0.39 is 17.7 Å². The van der Waals surface area contributed by atoms with Crippen molar-refractivity contribution in [2.75, 3.05) is 4.90 Å². The van der Waals surface area contributed by atoms with Gasteiger partial charge in [-0.05, 0) is 93.0 Å². The molecule has 186 valence electrons. The summed E-state index contributed by atoms with van der Waals surface area (Å²) in [6, 6.07) is 18.8. The lowest BCUT2D eigenvalue weighted by atomic mass is 9.88. The van der Waals surface area contributed by atoms with Gasteiger partial charge >= 0.3 is 0 Å². The maximum atomic E-state index is 13.7. The number of hydrogen-bond acceptors (Lipinski definition) is 3. The van der Waals surface area contributed by atoms with Crippen molar-refractivity contribution in [3.63, 3.8) is 0 Å². The van der Waals surface area contributed by atoms with E-state index in [1.54, 1.807) is 4.90 Å². The number of nitrogens with zero attached hydrogens (tertiary/aromatic N) is 1. The summed E-state index contributed by atoms with van der Waals surface area (Å²) < 4.78 is 0. The quantitative estimate of drug-likeness (QED) is 0.193. The molecule has 37 heavy (non-hydrogen) atoms. The number of aryl methyl sites for hydroxylation is 5. The zero-order chi connectivity index (χ0) is 25.8. The summed E-state index contributed by atoms with van der Waals surface area (Å²) in [6.07, 6.45) is 4.27. The van der Waals surface area contributed by atoms with Crippen LogP contribution in [0.1, 0.15) is 58.0 Å². The molecule has 4 aromatic rings. The number of ketones is 1. The molecule has 2 aliphatic rings. The van der Waals surface area contributed by atoms with Crippen LogP contribution in [0, 0.1) is 20.8 Å². The van der Waals surface area contributed by atoms with E-state index in [2.05, 4.69) is 11.1 Å². The molecule has 1 aromatic heterocycles. The largest absolute Gasteiger partial charge is 0.507 e. The average molecular weight is 491 g/mol. The van der Waals surface area contributed by atoms with Crippen LogP contribution < -0.4 is 4.90 Å². The van der Waals surface area contributed by atoms with Crippen LogP contribution in [0.3, 0.4) is 0 Å². The van der Waals surface area contributed by atoms with Crippen LogP contribution in [0.5, 0.6) is 0 Å². The molecular formula is C32H30N2O3. The van der Waals surface area contributed by atoms with Crippen LogP contribution in [-0.4, -0.2) is 21.8 Å². The Labute approximate surface area is 216 Å². The van der Waals surface area contributed by atoms with Crippen LogP contribution in [-0.2, 0) is 22.4 Å². The van der Waals surface area contributed by atoms with Crippen molar-refractivity contribution in [3.8, 4) is 0 Å². The number of aromatic amines is 1. The fourth-order valence-corrected chi connectivity index (χ4v) is 5.93. The zero-order valence-electron chi connectivity index (χ0n) is 21.4. The van der Waals surface area contributed by atoms with Gasteiger partial charge in [-0.1, -0.05) is 36.4 Å². The summed E-state index contributed by atoms with van der Waals surface area (Å²) in [4.78, 5) is 32.3. The van der Waals surface area contributed by atoms with Gasteiger partial charge in [-0.2, -0.15) is 0 Å². The summed E-state index contributed by atoms with van der Waals surface area (Å²) in [7, 11) is 0. The van der Waals surface area contributed by atoms with Gasteiger partial charge in [-0.25, -0.2) is 0 Å². The molecular weight excluding hydrogens is 460 g/mol. The summed E-state index contributed by atoms with van der Waals surface area (Å²) in [5.74, 6) is -1.41. The first-order chi connectivity index (χ1) is 17.8. The molecule has 5 heteroatoms. The molecule has 1 fully saturated rings. The number of aliphatic hydroxyl groups is 1. The molecule has 0 saturated carbocycles. The van der Waals surface area contributed by atoms with Gasteiger partial charge in [0.05, 0.1) is 11.6 Å². The van der Waals surface area contributed by atoms with E-state index in [1.807, 2.05) is 75.4 Å². The van der Waals surface area contributed by atoms with Crippen molar-refractivity contribution in [2.24, 2.45) is 0 Å². The van der Waals surface area contributed by atoms with Gasteiger partial charge in [0.25, 0.3) is 11.7 Å². The van der Waals surface area contributed by atoms with E-state index in [1.165, 1.54) is 17.5 Å². The highest BCUT2D eigenvalue weighted by molar-refractivity contribution is 6.52. The summed E-state index contributed by atoms with van der Waals surface area (Å²) >= 11 is 0. The molecule has 1 unspecified atom stereocenters. The number of benzene rings is 3. The van der Waals surface area contributed by atoms with Crippen LogP contribution in [0.2, 0.25) is 0 Å². The number of H-pyrrole nitrogens is 1. The molecule has 2 N–H and O–H groups in total. The minimum absolute atomic E-state index is 0.118. The number of rotatable bonds is 3. The van der Waals surface area contributed by atoms with Crippen LogP contribution in [0.25, 0.3) is 16.7 Å². The van der Waals surface area contributed by atoms with Gasteiger partial charge in [0.1, 0.15) is 5.76 Å². The van der Waals surface area contributed by atoms with Crippen molar-refractivity contribution < 1.29 is 14.7 Å². The number of para-hydroxylation sites is 1. The van der Waals surface area contributed by atoms with Gasteiger partial charge < -0.3 is 10.1 Å². The Morgan fingerprint density at radius 1 is 0.892 bits per heavy atom. The molecule has 0 bridgehead atoms. The molecule has 1 atom stereocenters. The number of aromatic nitrogens is 1. The van der Waals surface area contributed by atoms with Crippen LogP contribution in [0.4, 0.5) is 5.69 Å². The Bertz CT molecular complexity index is 1620. The lowest BCUT2D eigenvalue weighted by molar-refractivity contribution is -0.132. The predicted octanol–water partition coefficient (Wildman–Crippen LogP) is 6.60. The van der Waals surface area contributed by atoms with Crippen molar-refractivity contribution in [1.82, 2.24) is 4.98 Å². The Kier molecular flexibility index (Phi) is 5.52. The summed E-state index contributed by atoms with van der Waals surface area (Å²) in [5, 5.41) is 12.6. The normalized spacial score (nSPS) is 19.0. The first kappa shape index (κ1) is 23.3. The van der Waals surface area contributed by atoms with E-state index in [9.17, 15) is 14.7 Å². The third-order valence-electron chi connectivity index (χ3n) is 8.05. The van der Waals surface area contributed by atoms with Crippen molar-refractivity contribution in [1.29, 1.82) is 0 Å². The number of aliphatic hydroxyl groups excluding tert-OH is 1. The van der Waals surface area contributed by atoms with E-state index in [0.717, 1.165) is 52.5 Å². The Hall–Kier alpha value is -4.12. The molecule has 5 nitrogen and oxygen atoms in total. The highest BCUT2D eigenvalue weighted by Crippen LogP contribution is 2.46.